The second-order valence-corrected chi connectivity index (χ2v) is 7.53. The van der Waals surface area contributed by atoms with E-state index >= 15 is 0 Å². The molecule has 0 N–H and O–H groups in total. The zero-order valence-corrected chi connectivity index (χ0v) is 15.9. The Morgan fingerprint density at radius 2 is 1.88 bits per heavy atom. The third-order valence-electron chi connectivity index (χ3n) is 5.45. The molecule has 2 atom stereocenters. The quantitative estimate of drug-likeness (QED) is 0.826. The van der Waals surface area contributed by atoms with Crippen LogP contribution in [0, 0.1) is 5.92 Å². The van der Waals surface area contributed by atoms with Crippen molar-refractivity contribution in [3.63, 3.8) is 0 Å². The molecule has 1 aliphatic carbocycles. The van der Waals surface area contributed by atoms with E-state index in [0.29, 0.717) is 18.6 Å². The summed E-state index contributed by atoms with van der Waals surface area (Å²) in [6.45, 7) is 1.63. The van der Waals surface area contributed by atoms with Crippen LogP contribution < -0.4 is 4.74 Å². The molecule has 2 unspecified atom stereocenters. The third-order valence-corrected chi connectivity index (χ3v) is 5.45. The van der Waals surface area contributed by atoms with Crippen LogP contribution in [0.1, 0.15) is 29.2 Å². The van der Waals surface area contributed by atoms with Gasteiger partial charge in [0.15, 0.2) is 0 Å². The summed E-state index contributed by atoms with van der Waals surface area (Å²) in [5.74, 6) is 1.40. The first-order valence-electron chi connectivity index (χ1n) is 9.40. The van der Waals surface area contributed by atoms with Gasteiger partial charge in [0.25, 0.3) is 0 Å². The third kappa shape index (κ3) is 3.21. The van der Waals surface area contributed by atoms with Crippen molar-refractivity contribution in [2.45, 2.75) is 18.9 Å². The second kappa shape index (κ2) is 7.12. The topological polar surface area (TPSA) is 28.1 Å². The molecular formula is C22H27N3O. The van der Waals surface area contributed by atoms with E-state index in [4.69, 9.17) is 9.84 Å². The number of hydrogen-bond acceptors (Lipinski definition) is 4. The normalized spacial score (nSPS) is 21.4. The average molecular weight is 349 g/mol. The summed E-state index contributed by atoms with van der Waals surface area (Å²) in [6, 6.07) is 17.6. The molecule has 2 aromatic rings. The van der Waals surface area contributed by atoms with Crippen LogP contribution in [0.2, 0.25) is 0 Å². The number of rotatable bonds is 5. The molecule has 0 spiro atoms. The molecule has 0 saturated carbocycles. The van der Waals surface area contributed by atoms with Gasteiger partial charge in [0, 0.05) is 25.1 Å². The predicted octanol–water partition coefficient (Wildman–Crippen LogP) is 3.58. The number of hydrogen-bond donors (Lipinski definition) is 0. The Morgan fingerprint density at radius 3 is 2.65 bits per heavy atom. The van der Waals surface area contributed by atoms with Gasteiger partial charge in [-0.05, 0) is 50.2 Å². The summed E-state index contributed by atoms with van der Waals surface area (Å²) in [5, 5.41) is 7.06. The van der Waals surface area contributed by atoms with Crippen molar-refractivity contribution >= 4 is 5.71 Å². The Balaban J connectivity index is 1.51. The summed E-state index contributed by atoms with van der Waals surface area (Å²) in [6.07, 6.45) is 2.29. The molecule has 0 amide bonds. The maximum Gasteiger partial charge on any atom is 0.119 e. The van der Waals surface area contributed by atoms with Crippen molar-refractivity contribution in [3.05, 3.63) is 65.2 Å². The van der Waals surface area contributed by atoms with Crippen LogP contribution in [0.15, 0.2) is 53.6 Å². The van der Waals surface area contributed by atoms with E-state index < -0.39 is 0 Å². The van der Waals surface area contributed by atoms with Crippen molar-refractivity contribution in [2.24, 2.45) is 11.0 Å². The van der Waals surface area contributed by atoms with E-state index in [1.54, 1.807) is 0 Å². The number of fused-ring (bicyclic) bond motifs is 3. The Hall–Kier alpha value is -2.33. The van der Waals surface area contributed by atoms with Crippen molar-refractivity contribution in [2.75, 3.05) is 34.3 Å². The highest BCUT2D eigenvalue weighted by Gasteiger charge is 2.39. The number of ether oxygens (including phenoxy) is 1. The van der Waals surface area contributed by atoms with Crippen LogP contribution in [0.25, 0.3) is 0 Å². The molecule has 136 valence electrons. The molecule has 1 aliphatic heterocycles. The Morgan fingerprint density at radius 1 is 1.12 bits per heavy atom. The number of nitrogens with zero attached hydrogens (tertiary/aromatic N) is 3. The zero-order chi connectivity index (χ0) is 18.1. The van der Waals surface area contributed by atoms with Crippen LogP contribution in [0.4, 0.5) is 0 Å². The molecule has 0 fully saturated rings. The number of hydrazone groups is 1. The fourth-order valence-electron chi connectivity index (χ4n) is 4.12. The maximum atomic E-state index is 5.83. The first kappa shape index (κ1) is 17.1. The Bertz CT molecular complexity index is 797. The van der Waals surface area contributed by atoms with Gasteiger partial charge in [-0.25, -0.2) is 0 Å². The molecule has 0 saturated heterocycles. The highest BCUT2D eigenvalue weighted by Crippen LogP contribution is 2.42. The summed E-state index contributed by atoms with van der Waals surface area (Å²) < 4.78 is 5.83. The monoisotopic (exact) mass is 349 g/mol. The smallest absolute Gasteiger partial charge is 0.119 e. The van der Waals surface area contributed by atoms with Gasteiger partial charge in [-0.3, -0.25) is 5.01 Å². The van der Waals surface area contributed by atoms with Crippen molar-refractivity contribution in [3.8, 4) is 5.75 Å². The van der Waals surface area contributed by atoms with Crippen LogP contribution >= 0.6 is 0 Å². The van der Waals surface area contributed by atoms with Gasteiger partial charge in [-0.2, -0.15) is 5.10 Å². The van der Waals surface area contributed by atoms with Crippen molar-refractivity contribution in [1.29, 1.82) is 0 Å². The average Bonchev–Trinajstić information content (AvgIpc) is 2.98. The fourth-order valence-corrected chi connectivity index (χ4v) is 4.12. The van der Waals surface area contributed by atoms with Gasteiger partial charge >= 0.3 is 0 Å². The molecule has 0 aromatic heterocycles. The van der Waals surface area contributed by atoms with Crippen molar-refractivity contribution < 1.29 is 4.74 Å². The molecule has 4 nitrogen and oxygen atoms in total. The van der Waals surface area contributed by atoms with E-state index in [2.05, 4.69) is 79.6 Å². The number of aryl methyl sites for hydroxylation is 1. The lowest BCUT2D eigenvalue weighted by atomic mass is 9.77. The van der Waals surface area contributed by atoms with Crippen LogP contribution in [-0.2, 0) is 6.42 Å². The minimum absolute atomic E-state index is 0.314. The molecule has 2 aliphatic rings. The van der Waals surface area contributed by atoms with Crippen LogP contribution in [-0.4, -0.2) is 49.9 Å². The van der Waals surface area contributed by atoms with Crippen LogP contribution in [0.5, 0.6) is 5.75 Å². The summed E-state index contributed by atoms with van der Waals surface area (Å²) >= 11 is 0. The number of likely N-dealkylation sites (N-methyl/N-ethyl adjacent to an activating group) is 1. The molecule has 0 bridgehead atoms. The SMILES string of the molecule is CN(C)CCOc1ccc(C2C3CCc4ccccc4C3=NN2C)cc1. The lowest BCUT2D eigenvalue weighted by Gasteiger charge is -2.29. The first-order valence-corrected chi connectivity index (χ1v) is 9.40. The Labute approximate surface area is 156 Å². The van der Waals surface area contributed by atoms with Gasteiger partial charge in [0.1, 0.15) is 12.4 Å². The summed E-state index contributed by atoms with van der Waals surface area (Å²) in [4.78, 5) is 2.13. The van der Waals surface area contributed by atoms with E-state index in [0.717, 1.165) is 25.1 Å². The molecule has 4 heteroatoms. The highest BCUT2D eigenvalue weighted by molar-refractivity contribution is 6.05. The van der Waals surface area contributed by atoms with Gasteiger partial charge < -0.3 is 9.64 Å². The van der Waals surface area contributed by atoms with Gasteiger partial charge in [0.05, 0.1) is 11.8 Å². The largest absolute Gasteiger partial charge is 0.492 e. The van der Waals surface area contributed by atoms with E-state index in [-0.39, 0.29) is 0 Å². The minimum atomic E-state index is 0.314. The molecule has 2 aromatic carbocycles. The van der Waals surface area contributed by atoms with Crippen molar-refractivity contribution in [1.82, 2.24) is 9.91 Å². The second-order valence-electron chi connectivity index (χ2n) is 7.53. The molecule has 26 heavy (non-hydrogen) atoms. The molecule has 1 heterocycles. The predicted molar refractivity (Wildman–Crippen MR) is 106 cm³/mol. The Kier molecular flexibility index (Phi) is 4.68. The van der Waals surface area contributed by atoms with E-state index in [9.17, 15) is 0 Å². The highest BCUT2D eigenvalue weighted by atomic mass is 16.5. The molecule has 4 rings (SSSR count). The summed E-state index contributed by atoms with van der Waals surface area (Å²) in [5.41, 5.74) is 5.34. The maximum absolute atomic E-state index is 5.83. The van der Waals surface area contributed by atoms with E-state index in [1.165, 1.54) is 22.4 Å². The summed E-state index contributed by atoms with van der Waals surface area (Å²) in [7, 11) is 6.21. The lowest BCUT2D eigenvalue weighted by Crippen LogP contribution is -2.27. The number of benzene rings is 2. The van der Waals surface area contributed by atoms with Gasteiger partial charge in [-0.15, -0.1) is 0 Å². The first-order chi connectivity index (χ1) is 12.6. The minimum Gasteiger partial charge on any atom is -0.492 e. The van der Waals surface area contributed by atoms with E-state index in [1.807, 2.05) is 0 Å². The lowest BCUT2D eigenvalue weighted by molar-refractivity contribution is 0.242. The zero-order valence-electron chi connectivity index (χ0n) is 15.9. The standard InChI is InChI=1S/C22H27N3O/c1-24(2)14-15-26-18-11-8-17(9-12-18)22-20-13-10-16-6-4-5-7-19(16)21(20)23-25(22)3/h4-9,11-12,20,22H,10,13-15H2,1-3H3. The van der Waals surface area contributed by atoms with Crippen LogP contribution in [0.3, 0.4) is 0 Å². The fraction of sp³-hybridized carbons (Fsp3) is 0.409. The van der Waals surface area contributed by atoms with Gasteiger partial charge in [-0.1, -0.05) is 36.4 Å². The molecule has 0 radical (unpaired) electrons. The van der Waals surface area contributed by atoms with Gasteiger partial charge in [0.2, 0.25) is 0 Å². The molecular weight excluding hydrogens is 322 g/mol.